The van der Waals surface area contributed by atoms with Gasteiger partial charge < -0.3 is 13.7 Å². The summed E-state index contributed by atoms with van der Waals surface area (Å²) in [5, 5.41) is 0. The number of rotatable bonds is 2. The molecule has 3 nitrogen and oxygen atoms in total. The van der Waals surface area contributed by atoms with Gasteiger partial charge in [0, 0.05) is 5.47 Å². The molecule has 16 heavy (non-hydrogen) atoms. The van der Waals surface area contributed by atoms with Gasteiger partial charge in [0.1, 0.15) is 5.76 Å². The summed E-state index contributed by atoms with van der Waals surface area (Å²) in [7, 11) is -0.434. The van der Waals surface area contributed by atoms with Gasteiger partial charge in [0.05, 0.1) is 17.5 Å². The normalized spacial score (nSPS) is 22.4. The first-order valence-corrected chi connectivity index (χ1v) is 5.42. The van der Waals surface area contributed by atoms with Crippen LogP contribution in [0.3, 0.4) is 0 Å². The zero-order valence-electron chi connectivity index (χ0n) is 10.2. The van der Waals surface area contributed by atoms with Crippen molar-refractivity contribution >= 4 is 12.6 Å². The molecule has 2 heterocycles. The van der Waals surface area contributed by atoms with E-state index in [2.05, 4.69) is 6.58 Å². The maximum Gasteiger partial charge on any atom is 0.498 e. The van der Waals surface area contributed by atoms with Crippen molar-refractivity contribution in [2.24, 2.45) is 0 Å². The summed E-state index contributed by atoms with van der Waals surface area (Å²) in [6, 6.07) is 3.68. The van der Waals surface area contributed by atoms with E-state index in [1.807, 2.05) is 39.8 Å². The van der Waals surface area contributed by atoms with Crippen molar-refractivity contribution in [1.29, 1.82) is 0 Å². The van der Waals surface area contributed by atoms with E-state index in [1.165, 1.54) is 0 Å². The van der Waals surface area contributed by atoms with E-state index in [9.17, 15) is 0 Å². The molecule has 0 aliphatic carbocycles. The highest BCUT2D eigenvalue weighted by Crippen LogP contribution is 2.39. The fraction of sp³-hybridized carbons (Fsp3) is 0.500. The summed E-state index contributed by atoms with van der Waals surface area (Å²) in [5.41, 5.74) is 0.0454. The minimum absolute atomic E-state index is 0.340. The monoisotopic (exact) mass is 220 g/mol. The van der Waals surface area contributed by atoms with Gasteiger partial charge in [0.25, 0.3) is 0 Å². The molecule has 4 heteroatoms. The molecular formula is C12H17BO3. The van der Waals surface area contributed by atoms with E-state index in [0.29, 0.717) is 5.76 Å². The molecule has 1 aromatic heterocycles. The van der Waals surface area contributed by atoms with Gasteiger partial charge in [-0.3, -0.25) is 0 Å². The van der Waals surface area contributed by atoms with Crippen LogP contribution in [0.1, 0.15) is 33.5 Å². The Hall–Kier alpha value is -0.995. The Balaban J connectivity index is 2.18. The lowest BCUT2D eigenvalue weighted by atomic mass is 9.78. The molecule has 0 radical (unpaired) electrons. The lowest BCUT2D eigenvalue weighted by Gasteiger charge is -2.32. The lowest BCUT2D eigenvalue weighted by molar-refractivity contribution is 0.00578. The Morgan fingerprint density at radius 3 is 2.19 bits per heavy atom. The van der Waals surface area contributed by atoms with Gasteiger partial charge in [0.15, 0.2) is 0 Å². The Bertz CT molecular complexity index is 376. The molecule has 1 fully saturated rings. The minimum Gasteiger partial charge on any atom is -0.465 e. The fourth-order valence-electron chi connectivity index (χ4n) is 1.56. The second-order valence-electron chi connectivity index (χ2n) is 5.09. The van der Waals surface area contributed by atoms with Crippen molar-refractivity contribution in [3.63, 3.8) is 0 Å². The molecule has 86 valence electrons. The molecule has 1 aliphatic heterocycles. The van der Waals surface area contributed by atoms with Crippen LogP contribution in [-0.4, -0.2) is 18.3 Å². The van der Waals surface area contributed by atoms with E-state index in [4.69, 9.17) is 13.7 Å². The summed E-state index contributed by atoms with van der Waals surface area (Å²) in [5.74, 6) is 0.707. The lowest BCUT2D eigenvalue weighted by Crippen LogP contribution is -2.41. The van der Waals surface area contributed by atoms with Crippen LogP contribution in [0.25, 0.3) is 5.47 Å². The van der Waals surface area contributed by atoms with Crippen molar-refractivity contribution in [2.45, 2.75) is 38.9 Å². The number of furan rings is 1. The second kappa shape index (κ2) is 3.50. The van der Waals surface area contributed by atoms with Crippen LogP contribution < -0.4 is 0 Å². The van der Waals surface area contributed by atoms with E-state index < -0.39 is 7.12 Å². The average Bonchev–Trinajstić information content (AvgIpc) is 2.72. The van der Waals surface area contributed by atoms with Crippen molar-refractivity contribution < 1.29 is 13.7 Å². The molecule has 1 aromatic rings. The van der Waals surface area contributed by atoms with E-state index >= 15 is 0 Å². The first kappa shape index (κ1) is 11.5. The van der Waals surface area contributed by atoms with Gasteiger partial charge in [-0.1, -0.05) is 6.58 Å². The van der Waals surface area contributed by atoms with Crippen LogP contribution in [0, 0.1) is 0 Å². The van der Waals surface area contributed by atoms with Crippen LogP contribution >= 0.6 is 0 Å². The smallest absolute Gasteiger partial charge is 0.465 e. The van der Waals surface area contributed by atoms with Gasteiger partial charge in [-0.05, 0) is 39.8 Å². The molecule has 0 amide bonds. The van der Waals surface area contributed by atoms with Crippen molar-refractivity contribution in [2.75, 3.05) is 0 Å². The van der Waals surface area contributed by atoms with Crippen LogP contribution in [0.4, 0.5) is 0 Å². The Kier molecular flexibility index (Phi) is 2.52. The Morgan fingerprint density at radius 1 is 1.19 bits per heavy atom. The van der Waals surface area contributed by atoms with Crippen molar-refractivity contribution in [3.05, 3.63) is 30.7 Å². The summed E-state index contributed by atoms with van der Waals surface area (Å²) < 4.78 is 17.0. The molecule has 0 unspecified atom stereocenters. The maximum absolute atomic E-state index is 5.87. The van der Waals surface area contributed by atoms with E-state index in [-0.39, 0.29) is 11.2 Å². The minimum atomic E-state index is -0.434. The first-order chi connectivity index (χ1) is 7.33. The third-order valence-electron chi connectivity index (χ3n) is 3.38. The highest BCUT2D eigenvalue weighted by atomic mass is 16.7. The molecule has 0 bridgehead atoms. The van der Waals surface area contributed by atoms with Gasteiger partial charge >= 0.3 is 7.12 Å². The molecule has 2 rings (SSSR count). The number of hydrogen-bond acceptors (Lipinski definition) is 3. The fourth-order valence-corrected chi connectivity index (χ4v) is 1.56. The van der Waals surface area contributed by atoms with Gasteiger partial charge in [-0.2, -0.15) is 0 Å². The summed E-state index contributed by atoms with van der Waals surface area (Å²) in [4.78, 5) is 0. The predicted molar refractivity (Wildman–Crippen MR) is 63.8 cm³/mol. The SMILES string of the molecule is C=C(B1OC(C)(C)C(C)(C)O1)c1ccco1. The predicted octanol–water partition coefficient (Wildman–Crippen LogP) is 2.92. The first-order valence-electron chi connectivity index (χ1n) is 5.42. The van der Waals surface area contributed by atoms with Crippen LogP contribution in [0.5, 0.6) is 0 Å². The third kappa shape index (κ3) is 1.72. The largest absolute Gasteiger partial charge is 0.498 e. The standard InChI is InChI=1S/C12H17BO3/c1-9(10-7-6-8-14-10)13-15-11(2,3)12(4,5)16-13/h6-8H,1H2,2-5H3. The number of hydrogen-bond donors (Lipinski definition) is 0. The van der Waals surface area contributed by atoms with Crippen LogP contribution in [0.2, 0.25) is 0 Å². The molecule has 0 aromatic carbocycles. The van der Waals surface area contributed by atoms with Crippen LogP contribution in [0.15, 0.2) is 29.4 Å². The molecular weight excluding hydrogens is 203 g/mol. The van der Waals surface area contributed by atoms with Gasteiger partial charge in [-0.15, -0.1) is 0 Å². The highest BCUT2D eigenvalue weighted by molar-refractivity contribution is 6.68. The van der Waals surface area contributed by atoms with Gasteiger partial charge in [-0.25, -0.2) is 0 Å². The second-order valence-corrected chi connectivity index (χ2v) is 5.09. The van der Waals surface area contributed by atoms with Crippen molar-refractivity contribution in [3.8, 4) is 0 Å². The van der Waals surface area contributed by atoms with E-state index in [1.54, 1.807) is 6.26 Å². The molecule has 0 N–H and O–H groups in total. The zero-order valence-corrected chi connectivity index (χ0v) is 10.2. The average molecular weight is 220 g/mol. The summed E-state index contributed by atoms with van der Waals surface area (Å²) in [6.07, 6.45) is 1.62. The molecule has 0 atom stereocenters. The van der Waals surface area contributed by atoms with Crippen LogP contribution in [-0.2, 0) is 9.31 Å². The highest BCUT2D eigenvalue weighted by Gasteiger charge is 2.52. The molecule has 0 saturated carbocycles. The maximum atomic E-state index is 5.87. The zero-order chi connectivity index (χ0) is 12.0. The third-order valence-corrected chi connectivity index (χ3v) is 3.38. The summed E-state index contributed by atoms with van der Waals surface area (Å²) in [6.45, 7) is 12.0. The topological polar surface area (TPSA) is 31.6 Å². The Morgan fingerprint density at radius 2 is 1.75 bits per heavy atom. The Labute approximate surface area is 96.6 Å². The van der Waals surface area contributed by atoms with E-state index in [0.717, 1.165) is 5.47 Å². The quantitative estimate of drug-likeness (QED) is 0.718. The van der Waals surface area contributed by atoms with Crippen molar-refractivity contribution in [1.82, 2.24) is 0 Å². The molecule has 1 aliphatic rings. The molecule has 1 saturated heterocycles. The summed E-state index contributed by atoms with van der Waals surface area (Å²) >= 11 is 0. The van der Waals surface area contributed by atoms with Gasteiger partial charge in [0.2, 0.25) is 0 Å². The molecule has 0 spiro atoms.